The Hall–Kier alpha value is -7.94. The third-order valence-corrected chi connectivity index (χ3v) is 13.8. The van der Waals surface area contributed by atoms with Crippen molar-refractivity contribution in [1.29, 1.82) is 0 Å². The van der Waals surface area contributed by atoms with E-state index in [4.69, 9.17) is 0 Å². The number of rotatable bonds is 8. The zero-order valence-electron chi connectivity index (χ0n) is 37.5. The first-order valence-corrected chi connectivity index (χ1v) is 23.4. The molecule has 2 nitrogen and oxygen atoms in total. The van der Waals surface area contributed by atoms with Crippen molar-refractivity contribution < 1.29 is 0 Å². The van der Waals surface area contributed by atoms with Gasteiger partial charge in [-0.1, -0.05) is 146 Å². The number of allylic oxidation sites excluding steroid dienone is 4. The molecule has 316 valence electrons. The second kappa shape index (κ2) is 16.6. The Labute approximate surface area is 387 Å². The Balaban J connectivity index is 0.954. The van der Waals surface area contributed by atoms with Crippen LogP contribution in [0.15, 0.2) is 224 Å². The molecule has 2 heteroatoms. The normalized spacial score (nSPS) is 14.5. The highest BCUT2D eigenvalue weighted by Gasteiger charge is 2.21. The Bertz CT molecular complexity index is 3580. The van der Waals surface area contributed by atoms with E-state index in [1.165, 1.54) is 99.1 Å². The van der Waals surface area contributed by atoms with Crippen molar-refractivity contribution in [2.75, 3.05) is 9.80 Å². The molecule has 0 N–H and O–H groups in total. The second-order valence-corrected chi connectivity index (χ2v) is 18.2. The average Bonchev–Trinajstić information content (AvgIpc) is 3.37. The first-order chi connectivity index (χ1) is 32.5. The van der Waals surface area contributed by atoms with Crippen LogP contribution in [0, 0.1) is 12.8 Å². The average molecular weight is 847 g/mol. The molecule has 0 heterocycles. The molecule has 0 radical (unpaired) electrons. The van der Waals surface area contributed by atoms with Crippen LogP contribution in [0.25, 0.3) is 71.4 Å². The standard InChI is InChI=1S/C64H50N2/c1-43-21-31-54(32-22-43)65(52-13-5-3-6-14-52)56-35-29-45-37-49(27-25-47(45)39-56)62-41-51-42-63(59-18-10-12-20-61(59)64(51)60-19-11-9-17-58(60)62)50-28-26-48-40-57(36-30-46(48)38-50)66(53-15-7-4-8-16-53)55-33-23-44(2)24-34-55/h3-9,11-17,19-23,25-42,44H,10,18,24H2,1-2H3. The monoisotopic (exact) mass is 846 g/mol. The number of aryl methyl sites for hydroxylation is 1. The van der Waals surface area contributed by atoms with Gasteiger partial charge < -0.3 is 9.80 Å². The summed E-state index contributed by atoms with van der Waals surface area (Å²) in [5.41, 5.74) is 16.1. The van der Waals surface area contributed by atoms with Gasteiger partial charge >= 0.3 is 0 Å². The van der Waals surface area contributed by atoms with E-state index in [9.17, 15) is 0 Å². The van der Waals surface area contributed by atoms with Gasteiger partial charge in [-0.05, 0) is 200 Å². The number of hydrogen-bond donors (Lipinski definition) is 0. The van der Waals surface area contributed by atoms with E-state index in [2.05, 4.69) is 248 Å². The molecule has 0 bridgehead atoms. The van der Waals surface area contributed by atoms with Crippen molar-refractivity contribution in [2.45, 2.75) is 33.1 Å². The van der Waals surface area contributed by atoms with Crippen LogP contribution in [-0.2, 0) is 6.42 Å². The lowest BCUT2D eigenvalue weighted by Crippen LogP contribution is -2.17. The largest absolute Gasteiger partial charge is 0.311 e. The summed E-state index contributed by atoms with van der Waals surface area (Å²) in [6.07, 6.45) is 14.8. The van der Waals surface area contributed by atoms with Gasteiger partial charge in [0.05, 0.1) is 0 Å². The van der Waals surface area contributed by atoms with Gasteiger partial charge in [0, 0.05) is 34.1 Å². The van der Waals surface area contributed by atoms with Crippen LogP contribution >= 0.6 is 0 Å². The minimum Gasteiger partial charge on any atom is -0.311 e. The second-order valence-electron chi connectivity index (χ2n) is 18.2. The minimum atomic E-state index is 0.554. The molecule has 0 saturated heterocycles. The highest BCUT2D eigenvalue weighted by molar-refractivity contribution is 6.18. The molecule has 1 unspecified atom stereocenters. The molecule has 1 atom stereocenters. The number of anilines is 5. The van der Waals surface area contributed by atoms with Gasteiger partial charge in [0.1, 0.15) is 0 Å². The fourth-order valence-corrected chi connectivity index (χ4v) is 10.4. The van der Waals surface area contributed by atoms with Gasteiger partial charge in [-0.25, -0.2) is 0 Å². The summed E-state index contributed by atoms with van der Waals surface area (Å²) >= 11 is 0. The number of nitrogens with zero attached hydrogens (tertiary/aromatic N) is 2. The predicted octanol–water partition coefficient (Wildman–Crippen LogP) is 18.0. The molecule has 0 aliphatic heterocycles. The number of hydrogen-bond acceptors (Lipinski definition) is 2. The molecule has 66 heavy (non-hydrogen) atoms. The topological polar surface area (TPSA) is 6.48 Å². The molecule has 0 spiro atoms. The molecular weight excluding hydrogens is 797 g/mol. The van der Waals surface area contributed by atoms with E-state index in [1.807, 2.05) is 0 Å². The molecule has 2 aliphatic rings. The summed E-state index contributed by atoms with van der Waals surface area (Å²) < 4.78 is 0. The molecule has 10 aromatic carbocycles. The molecule has 2 aliphatic carbocycles. The van der Waals surface area contributed by atoms with Crippen LogP contribution in [0.1, 0.15) is 36.5 Å². The zero-order chi connectivity index (χ0) is 44.1. The van der Waals surface area contributed by atoms with Gasteiger partial charge in [-0.2, -0.15) is 0 Å². The number of benzene rings is 10. The highest BCUT2D eigenvalue weighted by Crippen LogP contribution is 2.45. The maximum Gasteiger partial charge on any atom is 0.0468 e. The summed E-state index contributed by atoms with van der Waals surface area (Å²) in [5, 5.41) is 10.1. The SMILES string of the molecule is Cc1ccc(N(c2ccccc2)c2ccc3cc(-c4cc5cc(-c6ccc7cc(N(C8=CCC(C)C=C8)c8ccccc8)ccc7c6)c6c(c5c5ccccc45)C=CCC6)ccc3c2)cc1. The fraction of sp³-hybridized carbons (Fsp3) is 0.0938. The minimum absolute atomic E-state index is 0.554. The Morgan fingerprint density at radius 3 is 1.67 bits per heavy atom. The van der Waals surface area contributed by atoms with Gasteiger partial charge in [0.25, 0.3) is 0 Å². The van der Waals surface area contributed by atoms with Gasteiger partial charge in [0.15, 0.2) is 0 Å². The maximum atomic E-state index is 2.48. The lowest BCUT2D eigenvalue weighted by Gasteiger charge is -2.28. The van der Waals surface area contributed by atoms with Crippen LogP contribution in [0.5, 0.6) is 0 Å². The summed E-state index contributed by atoms with van der Waals surface area (Å²) in [6, 6.07) is 72.1. The Morgan fingerprint density at radius 2 is 1.00 bits per heavy atom. The summed E-state index contributed by atoms with van der Waals surface area (Å²) in [6.45, 7) is 4.42. The van der Waals surface area contributed by atoms with Crippen molar-refractivity contribution >= 4 is 77.6 Å². The van der Waals surface area contributed by atoms with Crippen LogP contribution < -0.4 is 9.80 Å². The molecule has 0 amide bonds. The summed E-state index contributed by atoms with van der Waals surface area (Å²) in [4.78, 5) is 4.74. The Kier molecular flexibility index (Phi) is 9.95. The number of para-hydroxylation sites is 2. The van der Waals surface area contributed by atoms with Crippen LogP contribution in [0.4, 0.5) is 28.4 Å². The number of fused-ring (bicyclic) bond motifs is 7. The maximum absolute atomic E-state index is 2.48. The van der Waals surface area contributed by atoms with Crippen LogP contribution in [0.2, 0.25) is 0 Å². The first kappa shape index (κ1) is 39.6. The summed E-state index contributed by atoms with van der Waals surface area (Å²) in [7, 11) is 0. The van der Waals surface area contributed by atoms with E-state index < -0.39 is 0 Å². The van der Waals surface area contributed by atoms with Crippen LogP contribution in [0.3, 0.4) is 0 Å². The van der Waals surface area contributed by atoms with E-state index in [0.717, 1.165) is 36.3 Å². The van der Waals surface area contributed by atoms with Crippen molar-refractivity contribution in [2.24, 2.45) is 5.92 Å². The quantitative estimate of drug-likeness (QED) is 0.141. The molecule has 0 aromatic heterocycles. The van der Waals surface area contributed by atoms with E-state index in [-0.39, 0.29) is 0 Å². The Morgan fingerprint density at radius 1 is 0.455 bits per heavy atom. The van der Waals surface area contributed by atoms with Crippen molar-refractivity contribution in [3.63, 3.8) is 0 Å². The zero-order valence-corrected chi connectivity index (χ0v) is 37.5. The summed E-state index contributed by atoms with van der Waals surface area (Å²) in [5.74, 6) is 0.554. The van der Waals surface area contributed by atoms with Gasteiger partial charge in [0.2, 0.25) is 0 Å². The lowest BCUT2D eigenvalue weighted by molar-refractivity contribution is 0.728. The highest BCUT2D eigenvalue weighted by atomic mass is 15.1. The molecular formula is C64H50N2. The van der Waals surface area contributed by atoms with Crippen molar-refractivity contribution in [1.82, 2.24) is 0 Å². The van der Waals surface area contributed by atoms with Crippen molar-refractivity contribution in [3.05, 3.63) is 241 Å². The van der Waals surface area contributed by atoms with Gasteiger partial charge in [-0.3, -0.25) is 0 Å². The van der Waals surface area contributed by atoms with E-state index in [1.54, 1.807) is 0 Å². The first-order valence-electron chi connectivity index (χ1n) is 23.4. The predicted molar refractivity (Wildman–Crippen MR) is 284 cm³/mol. The smallest absolute Gasteiger partial charge is 0.0468 e. The van der Waals surface area contributed by atoms with E-state index in [0.29, 0.717) is 5.92 Å². The molecule has 0 saturated carbocycles. The van der Waals surface area contributed by atoms with Crippen molar-refractivity contribution in [3.8, 4) is 22.3 Å². The van der Waals surface area contributed by atoms with E-state index >= 15 is 0 Å². The van der Waals surface area contributed by atoms with Gasteiger partial charge in [-0.15, -0.1) is 0 Å². The van der Waals surface area contributed by atoms with Crippen LogP contribution in [-0.4, -0.2) is 0 Å². The lowest BCUT2D eigenvalue weighted by atomic mass is 9.82. The molecule has 10 aromatic rings. The molecule has 0 fully saturated rings. The third kappa shape index (κ3) is 7.16. The molecule has 12 rings (SSSR count). The third-order valence-electron chi connectivity index (χ3n) is 13.8. The fourth-order valence-electron chi connectivity index (χ4n) is 10.4.